The molecule has 166 valence electrons. The fourth-order valence-electron chi connectivity index (χ4n) is 4.16. The monoisotopic (exact) mass is 448 g/mol. The molecule has 2 heterocycles. The minimum atomic E-state index is -1.50. The Kier molecular flexibility index (Phi) is 4.49. The summed E-state index contributed by atoms with van der Waals surface area (Å²) in [6.07, 6.45) is 0. The molecule has 1 spiro atoms. The Bertz CT molecular complexity index is 1290. The van der Waals surface area contributed by atoms with Crippen LogP contribution < -0.4 is 4.74 Å². The maximum absolute atomic E-state index is 13.1. The molecule has 3 aromatic rings. The van der Waals surface area contributed by atoms with Gasteiger partial charge in [0.1, 0.15) is 23.0 Å². The van der Waals surface area contributed by atoms with Crippen LogP contribution in [-0.2, 0) is 24.6 Å². The molecule has 0 unspecified atom stereocenters. The van der Waals surface area contributed by atoms with Crippen LogP contribution in [0.2, 0.25) is 0 Å². The van der Waals surface area contributed by atoms with E-state index < -0.39 is 30.3 Å². The van der Waals surface area contributed by atoms with E-state index in [4.69, 9.17) is 14.2 Å². The van der Waals surface area contributed by atoms with Gasteiger partial charge in [-0.2, -0.15) is 0 Å². The third-order valence-electron chi connectivity index (χ3n) is 5.47. The Morgan fingerprint density at radius 2 is 1.55 bits per heavy atom. The van der Waals surface area contributed by atoms with Gasteiger partial charge in [-0.25, -0.2) is 9.59 Å². The lowest BCUT2D eigenvalue weighted by Gasteiger charge is -2.36. The van der Waals surface area contributed by atoms with Crippen LogP contribution in [0.3, 0.4) is 0 Å². The molecule has 0 aromatic heterocycles. The SMILES string of the molecule is CC(=O)OCOC(=O)c1cccc2c1C(=O)OC21c2ccc(O)cc2Oc2cc(O)ccc21. The van der Waals surface area contributed by atoms with E-state index in [0.717, 1.165) is 0 Å². The maximum atomic E-state index is 13.1. The smallest absolute Gasteiger partial charge is 0.341 e. The Morgan fingerprint density at radius 1 is 0.909 bits per heavy atom. The first-order valence-electron chi connectivity index (χ1n) is 9.83. The Morgan fingerprint density at radius 3 is 2.15 bits per heavy atom. The number of hydrogen-bond acceptors (Lipinski definition) is 9. The van der Waals surface area contributed by atoms with Crippen molar-refractivity contribution in [2.75, 3.05) is 6.79 Å². The van der Waals surface area contributed by atoms with Gasteiger partial charge in [0, 0.05) is 35.7 Å². The highest BCUT2D eigenvalue weighted by molar-refractivity contribution is 6.07. The van der Waals surface area contributed by atoms with Crippen LogP contribution in [-0.4, -0.2) is 34.9 Å². The van der Waals surface area contributed by atoms with Gasteiger partial charge in [-0.3, -0.25) is 4.79 Å². The van der Waals surface area contributed by atoms with E-state index in [1.807, 2.05) is 0 Å². The number of phenols is 2. The molecule has 5 rings (SSSR count). The van der Waals surface area contributed by atoms with Gasteiger partial charge in [-0.1, -0.05) is 12.1 Å². The molecule has 2 aliphatic rings. The van der Waals surface area contributed by atoms with Crippen molar-refractivity contribution >= 4 is 17.9 Å². The zero-order chi connectivity index (χ0) is 23.3. The minimum absolute atomic E-state index is 0.00900. The Labute approximate surface area is 186 Å². The molecule has 2 aliphatic heterocycles. The van der Waals surface area contributed by atoms with E-state index in [9.17, 15) is 24.6 Å². The van der Waals surface area contributed by atoms with Crippen LogP contribution in [0.4, 0.5) is 0 Å². The summed E-state index contributed by atoms with van der Waals surface area (Å²) in [5.74, 6) is -1.97. The van der Waals surface area contributed by atoms with Gasteiger partial charge in [-0.05, 0) is 30.3 Å². The predicted molar refractivity (Wildman–Crippen MR) is 110 cm³/mol. The van der Waals surface area contributed by atoms with Gasteiger partial charge in [0.25, 0.3) is 0 Å². The summed E-state index contributed by atoms with van der Waals surface area (Å²) in [5.41, 5.74) is -0.356. The van der Waals surface area contributed by atoms with E-state index in [1.54, 1.807) is 24.3 Å². The van der Waals surface area contributed by atoms with E-state index in [-0.39, 0.29) is 34.1 Å². The number of fused-ring (bicyclic) bond motifs is 6. The largest absolute Gasteiger partial charge is 0.508 e. The first kappa shape index (κ1) is 20.4. The average Bonchev–Trinajstić information content (AvgIpc) is 3.06. The van der Waals surface area contributed by atoms with Crippen molar-refractivity contribution in [1.29, 1.82) is 0 Å². The summed E-state index contributed by atoms with van der Waals surface area (Å²) in [4.78, 5) is 36.8. The quantitative estimate of drug-likeness (QED) is 0.458. The van der Waals surface area contributed by atoms with Crippen LogP contribution in [0.15, 0.2) is 54.6 Å². The normalized spacial score (nSPS) is 14.4. The number of carbonyl (C=O) groups is 3. The molecule has 0 aliphatic carbocycles. The van der Waals surface area contributed by atoms with Gasteiger partial charge < -0.3 is 29.2 Å². The number of phenolic OH excluding ortho intramolecular Hbond substituents is 2. The van der Waals surface area contributed by atoms with Crippen LogP contribution in [0.5, 0.6) is 23.0 Å². The predicted octanol–water partition coefficient (Wildman–Crippen LogP) is 3.34. The summed E-state index contributed by atoms with van der Waals surface area (Å²) in [5, 5.41) is 19.9. The molecular formula is C24H16O9. The molecule has 2 N–H and O–H groups in total. The topological polar surface area (TPSA) is 129 Å². The lowest BCUT2D eigenvalue weighted by Crippen LogP contribution is -2.32. The molecule has 0 saturated heterocycles. The second kappa shape index (κ2) is 7.27. The molecule has 0 saturated carbocycles. The van der Waals surface area contributed by atoms with E-state index >= 15 is 0 Å². The van der Waals surface area contributed by atoms with Crippen molar-refractivity contribution in [3.63, 3.8) is 0 Å². The number of benzene rings is 3. The Hall–Kier alpha value is -4.53. The summed E-state index contributed by atoms with van der Waals surface area (Å²) in [7, 11) is 0. The fraction of sp³-hybridized carbons (Fsp3) is 0.125. The van der Waals surface area contributed by atoms with Crippen LogP contribution in [0.1, 0.15) is 44.3 Å². The van der Waals surface area contributed by atoms with Crippen LogP contribution in [0, 0.1) is 0 Å². The zero-order valence-corrected chi connectivity index (χ0v) is 17.2. The standard InChI is InChI=1S/C24H16O9/c1-12(25)30-11-31-22(28)15-3-2-4-18-21(15)23(29)33-24(18)16-7-5-13(26)9-19(16)32-20-10-14(27)6-8-17(20)24/h2-10,26-27H,11H2,1H3. The average molecular weight is 448 g/mol. The molecule has 0 amide bonds. The van der Waals surface area contributed by atoms with Gasteiger partial charge in [-0.15, -0.1) is 0 Å². The zero-order valence-electron chi connectivity index (χ0n) is 17.2. The van der Waals surface area contributed by atoms with Crippen molar-refractivity contribution in [3.05, 3.63) is 82.4 Å². The number of hydrogen-bond donors (Lipinski definition) is 2. The molecular weight excluding hydrogens is 432 g/mol. The van der Waals surface area contributed by atoms with Gasteiger partial charge in [0.15, 0.2) is 5.60 Å². The highest BCUT2D eigenvalue weighted by atomic mass is 16.7. The van der Waals surface area contributed by atoms with Crippen molar-refractivity contribution in [3.8, 4) is 23.0 Å². The van der Waals surface area contributed by atoms with Gasteiger partial charge in [0.2, 0.25) is 6.79 Å². The second-order valence-corrected chi connectivity index (χ2v) is 7.45. The molecule has 9 heteroatoms. The molecule has 0 radical (unpaired) electrons. The first-order valence-corrected chi connectivity index (χ1v) is 9.83. The maximum Gasteiger partial charge on any atom is 0.341 e. The van der Waals surface area contributed by atoms with Crippen molar-refractivity contribution < 1.29 is 43.5 Å². The number of aromatic hydroxyl groups is 2. The Balaban J connectivity index is 1.71. The van der Waals surface area contributed by atoms with E-state index in [0.29, 0.717) is 16.7 Å². The van der Waals surface area contributed by atoms with Crippen molar-refractivity contribution in [2.24, 2.45) is 0 Å². The van der Waals surface area contributed by atoms with Crippen LogP contribution in [0.25, 0.3) is 0 Å². The summed E-state index contributed by atoms with van der Waals surface area (Å²) in [6, 6.07) is 13.3. The van der Waals surface area contributed by atoms with E-state index in [2.05, 4.69) is 4.74 Å². The highest BCUT2D eigenvalue weighted by Crippen LogP contribution is 2.57. The van der Waals surface area contributed by atoms with Crippen molar-refractivity contribution in [1.82, 2.24) is 0 Å². The molecule has 3 aromatic carbocycles. The number of ether oxygens (including phenoxy) is 4. The number of rotatable bonds is 3. The molecule has 0 fully saturated rings. The highest BCUT2D eigenvalue weighted by Gasteiger charge is 2.54. The number of esters is 3. The lowest BCUT2D eigenvalue weighted by atomic mass is 9.77. The summed E-state index contributed by atoms with van der Waals surface area (Å²) >= 11 is 0. The molecule has 0 atom stereocenters. The minimum Gasteiger partial charge on any atom is -0.508 e. The van der Waals surface area contributed by atoms with E-state index in [1.165, 1.54) is 37.3 Å². The molecule has 0 bridgehead atoms. The fourth-order valence-corrected chi connectivity index (χ4v) is 4.16. The third-order valence-corrected chi connectivity index (χ3v) is 5.47. The van der Waals surface area contributed by atoms with Crippen LogP contribution >= 0.6 is 0 Å². The third kappa shape index (κ3) is 3.05. The first-order chi connectivity index (χ1) is 15.8. The molecule has 9 nitrogen and oxygen atoms in total. The second-order valence-electron chi connectivity index (χ2n) is 7.45. The lowest BCUT2D eigenvalue weighted by molar-refractivity contribution is -0.149. The van der Waals surface area contributed by atoms with Gasteiger partial charge in [0.05, 0.1) is 11.1 Å². The summed E-state index contributed by atoms with van der Waals surface area (Å²) < 4.78 is 21.5. The summed E-state index contributed by atoms with van der Waals surface area (Å²) in [6.45, 7) is 0.570. The molecule has 33 heavy (non-hydrogen) atoms. The van der Waals surface area contributed by atoms with Crippen molar-refractivity contribution in [2.45, 2.75) is 12.5 Å². The van der Waals surface area contributed by atoms with Gasteiger partial charge >= 0.3 is 17.9 Å². The number of carbonyl (C=O) groups excluding carboxylic acids is 3.